The Labute approximate surface area is 174 Å². The zero-order valence-electron chi connectivity index (χ0n) is 17.7. The highest BCUT2D eigenvalue weighted by molar-refractivity contribution is 6.05. The van der Waals surface area contributed by atoms with Gasteiger partial charge >= 0.3 is 0 Å². The number of nitrogens with zero attached hydrogens (tertiary/aromatic N) is 3. The fourth-order valence-electron chi connectivity index (χ4n) is 4.26. The Morgan fingerprint density at radius 2 is 2.03 bits per heavy atom. The van der Waals surface area contributed by atoms with Crippen LogP contribution >= 0.6 is 0 Å². The Bertz CT molecular complexity index is 1200. The summed E-state index contributed by atoms with van der Waals surface area (Å²) in [6, 6.07) is 4.12. The van der Waals surface area contributed by atoms with Crippen molar-refractivity contribution in [2.45, 2.75) is 65.0 Å². The molecule has 2 N–H and O–H groups in total. The van der Waals surface area contributed by atoms with Crippen molar-refractivity contribution in [1.82, 2.24) is 25.1 Å². The van der Waals surface area contributed by atoms with Crippen molar-refractivity contribution in [2.75, 3.05) is 0 Å². The van der Waals surface area contributed by atoms with Gasteiger partial charge in [-0.15, -0.1) is 0 Å². The minimum Gasteiger partial charge on any atom is -0.348 e. The summed E-state index contributed by atoms with van der Waals surface area (Å²) in [5.74, 6) is 0.887. The second-order valence-electron chi connectivity index (χ2n) is 8.90. The number of H-pyrrole nitrogens is 1. The minimum atomic E-state index is -0.192. The van der Waals surface area contributed by atoms with Crippen molar-refractivity contribution in [3.63, 3.8) is 0 Å². The lowest BCUT2D eigenvalue weighted by Crippen LogP contribution is -2.28. The normalized spacial score (nSPS) is 17.3. The van der Waals surface area contributed by atoms with Gasteiger partial charge in [0, 0.05) is 29.4 Å². The lowest BCUT2D eigenvalue weighted by molar-refractivity contribution is 0.0952. The van der Waals surface area contributed by atoms with Crippen LogP contribution in [-0.2, 0) is 6.54 Å². The summed E-state index contributed by atoms with van der Waals surface area (Å²) < 4.78 is 1.99. The number of fused-ring (bicyclic) bond motifs is 1. The quantitative estimate of drug-likeness (QED) is 0.656. The number of aromatic nitrogens is 4. The summed E-state index contributed by atoms with van der Waals surface area (Å²) in [6.45, 7) is 6.12. The zero-order chi connectivity index (χ0) is 21.0. The monoisotopic (exact) mass is 405 g/mol. The summed E-state index contributed by atoms with van der Waals surface area (Å²) in [5.41, 5.74) is 4.49. The molecule has 0 saturated heterocycles. The molecule has 30 heavy (non-hydrogen) atoms. The van der Waals surface area contributed by atoms with Gasteiger partial charge in [-0.3, -0.25) is 9.59 Å². The SMILES string of the molecule is Cc1cc(C)c(CNC(=O)c2cc(C3CC3)nc3c2cnn3C(C)C2CC2)c(=O)[nH]1. The third-order valence-electron chi connectivity index (χ3n) is 6.44. The smallest absolute Gasteiger partial charge is 0.253 e. The number of nitrogens with one attached hydrogen (secondary N) is 2. The van der Waals surface area contributed by atoms with Gasteiger partial charge in [0.2, 0.25) is 0 Å². The fraction of sp³-hybridized carbons (Fsp3) is 0.478. The lowest BCUT2D eigenvalue weighted by atomic mass is 10.1. The predicted octanol–water partition coefficient (Wildman–Crippen LogP) is 3.51. The Hall–Kier alpha value is -2.96. The first kappa shape index (κ1) is 19.0. The molecule has 3 heterocycles. The van der Waals surface area contributed by atoms with Crippen LogP contribution in [-0.4, -0.2) is 25.7 Å². The molecule has 0 aromatic carbocycles. The van der Waals surface area contributed by atoms with Crippen molar-refractivity contribution < 1.29 is 4.79 Å². The Kier molecular flexibility index (Phi) is 4.49. The van der Waals surface area contributed by atoms with Gasteiger partial charge in [-0.2, -0.15) is 5.10 Å². The van der Waals surface area contributed by atoms with E-state index >= 15 is 0 Å². The van der Waals surface area contributed by atoms with Gasteiger partial charge in [-0.25, -0.2) is 9.67 Å². The molecule has 0 bridgehead atoms. The molecular formula is C23H27N5O2. The van der Waals surface area contributed by atoms with Gasteiger partial charge in [-0.1, -0.05) is 0 Å². The van der Waals surface area contributed by atoms with E-state index in [1.807, 2.05) is 30.7 Å². The van der Waals surface area contributed by atoms with Crippen LogP contribution in [0.3, 0.4) is 0 Å². The topological polar surface area (TPSA) is 92.7 Å². The molecule has 0 spiro atoms. The number of amides is 1. The number of pyridine rings is 2. The Morgan fingerprint density at radius 3 is 2.70 bits per heavy atom. The van der Waals surface area contributed by atoms with Crippen LogP contribution in [0.4, 0.5) is 0 Å². The van der Waals surface area contributed by atoms with Gasteiger partial charge < -0.3 is 10.3 Å². The summed E-state index contributed by atoms with van der Waals surface area (Å²) >= 11 is 0. The summed E-state index contributed by atoms with van der Waals surface area (Å²) in [5, 5.41) is 8.32. The molecule has 1 amide bonds. The van der Waals surface area contributed by atoms with E-state index in [1.54, 1.807) is 6.20 Å². The molecule has 2 aliphatic carbocycles. The number of carbonyl (C=O) groups excluding carboxylic acids is 1. The van der Waals surface area contributed by atoms with Crippen molar-refractivity contribution in [3.05, 3.63) is 56.8 Å². The molecule has 7 nitrogen and oxygen atoms in total. The first-order valence-electron chi connectivity index (χ1n) is 10.8. The maximum Gasteiger partial charge on any atom is 0.253 e. The number of carbonyl (C=O) groups is 1. The molecule has 5 rings (SSSR count). The van der Waals surface area contributed by atoms with Crippen LogP contribution in [0, 0.1) is 19.8 Å². The number of rotatable bonds is 6. The highest BCUT2D eigenvalue weighted by Gasteiger charge is 2.32. The van der Waals surface area contributed by atoms with Crippen LogP contribution in [0.2, 0.25) is 0 Å². The second kappa shape index (κ2) is 7.07. The predicted molar refractivity (Wildman–Crippen MR) is 115 cm³/mol. The van der Waals surface area contributed by atoms with Crippen LogP contribution in [0.25, 0.3) is 11.0 Å². The maximum absolute atomic E-state index is 13.2. The molecule has 0 radical (unpaired) electrons. The van der Waals surface area contributed by atoms with E-state index in [4.69, 9.17) is 4.98 Å². The van der Waals surface area contributed by atoms with E-state index in [1.165, 1.54) is 12.8 Å². The van der Waals surface area contributed by atoms with Gasteiger partial charge in [0.05, 0.1) is 23.2 Å². The lowest BCUT2D eigenvalue weighted by Gasteiger charge is -2.13. The zero-order valence-corrected chi connectivity index (χ0v) is 17.7. The molecule has 2 fully saturated rings. The molecule has 2 saturated carbocycles. The Balaban J connectivity index is 1.48. The van der Waals surface area contributed by atoms with Crippen molar-refractivity contribution in [1.29, 1.82) is 0 Å². The maximum atomic E-state index is 13.2. The fourth-order valence-corrected chi connectivity index (χ4v) is 4.26. The largest absolute Gasteiger partial charge is 0.348 e. The third kappa shape index (κ3) is 3.42. The standard InChI is InChI=1S/C23H27N5O2/c1-12-8-13(2)26-23(30)18(12)10-24-22(29)17-9-20(16-6-7-16)27-21-19(17)11-25-28(21)14(3)15-4-5-15/h8-9,11,14-16H,4-7,10H2,1-3H3,(H,24,29)(H,26,30). The first-order chi connectivity index (χ1) is 14.4. The molecule has 1 unspecified atom stereocenters. The molecule has 3 aromatic rings. The van der Waals surface area contributed by atoms with Gasteiger partial charge in [0.15, 0.2) is 5.65 Å². The van der Waals surface area contributed by atoms with E-state index in [0.29, 0.717) is 23.0 Å². The second-order valence-corrected chi connectivity index (χ2v) is 8.90. The summed E-state index contributed by atoms with van der Waals surface area (Å²) in [7, 11) is 0. The molecule has 2 aliphatic rings. The summed E-state index contributed by atoms with van der Waals surface area (Å²) in [6.07, 6.45) is 6.44. The number of hydrogen-bond acceptors (Lipinski definition) is 4. The van der Waals surface area contributed by atoms with E-state index in [-0.39, 0.29) is 24.1 Å². The van der Waals surface area contributed by atoms with Crippen molar-refractivity contribution in [3.8, 4) is 0 Å². The molecule has 1 atom stereocenters. The number of aryl methyl sites for hydroxylation is 2. The van der Waals surface area contributed by atoms with E-state index < -0.39 is 0 Å². The third-order valence-corrected chi connectivity index (χ3v) is 6.44. The van der Waals surface area contributed by atoms with Gasteiger partial charge in [0.1, 0.15) is 0 Å². The Morgan fingerprint density at radius 1 is 1.27 bits per heavy atom. The molecule has 156 valence electrons. The van der Waals surface area contributed by atoms with Crippen LogP contribution in [0.1, 0.15) is 77.4 Å². The number of hydrogen-bond donors (Lipinski definition) is 2. The molecule has 3 aromatic heterocycles. The minimum absolute atomic E-state index is 0.155. The number of aromatic amines is 1. The highest BCUT2D eigenvalue weighted by atomic mass is 16.1. The molecular weight excluding hydrogens is 378 g/mol. The van der Waals surface area contributed by atoms with Crippen LogP contribution < -0.4 is 10.9 Å². The van der Waals surface area contributed by atoms with Gasteiger partial charge in [-0.05, 0) is 70.1 Å². The van der Waals surface area contributed by atoms with E-state index in [0.717, 1.165) is 40.8 Å². The average molecular weight is 406 g/mol. The first-order valence-corrected chi connectivity index (χ1v) is 10.8. The van der Waals surface area contributed by atoms with Crippen LogP contribution in [0.15, 0.2) is 23.1 Å². The molecule has 7 heteroatoms. The van der Waals surface area contributed by atoms with Crippen LogP contribution in [0.5, 0.6) is 0 Å². The summed E-state index contributed by atoms with van der Waals surface area (Å²) in [4.78, 5) is 33.1. The van der Waals surface area contributed by atoms with E-state index in [9.17, 15) is 9.59 Å². The van der Waals surface area contributed by atoms with Gasteiger partial charge in [0.25, 0.3) is 11.5 Å². The molecule has 0 aliphatic heterocycles. The van der Waals surface area contributed by atoms with E-state index in [2.05, 4.69) is 22.3 Å². The van der Waals surface area contributed by atoms with Crippen molar-refractivity contribution >= 4 is 16.9 Å². The average Bonchev–Trinajstić information content (AvgIpc) is 3.61. The van der Waals surface area contributed by atoms with Crippen molar-refractivity contribution in [2.24, 2.45) is 5.92 Å². The highest BCUT2D eigenvalue weighted by Crippen LogP contribution is 2.42.